The number of carbonyl (C=O) groups is 1. The van der Waals surface area contributed by atoms with Crippen LogP contribution in [0.3, 0.4) is 0 Å². The average molecular weight is 406 g/mol. The highest BCUT2D eigenvalue weighted by Crippen LogP contribution is 2.42. The van der Waals surface area contributed by atoms with Gasteiger partial charge in [0.2, 0.25) is 0 Å². The van der Waals surface area contributed by atoms with Gasteiger partial charge in [0, 0.05) is 5.39 Å². The zero-order valence-corrected chi connectivity index (χ0v) is 17.2. The molecule has 2 heterocycles. The largest absolute Gasteiger partial charge is 0.496 e. The third-order valence-corrected chi connectivity index (χ3v) is 5.88. The number of piperidine rings is 1. The maximum atomic E-state index is 11.4. The number of hydrogen-bond acceptors (Lipinski definition) is 5. The van der Waals surface area contributed by atoms with Gasteiger partial charge in [-0.1, -0.05) is 30.3 Å². The summed E-state index contributed by atoms with van der Waals surface area (Å²) < 4.78 is 11.4. The van der Waals surface area contributed by atoms with Crippen LogP contribution in [0.1, 0.15) is 30.1 Å². The molecule has 1 unspecified atom stereocenters. The molecule has 0 saturated carbocycles. The van der Waals surface area contributed by atoms with E-state index in [2.05, 4.69) is 11.0 Å². The molecular formula is C24H26N2O4. The molecule has 0 spiro atoms. The number of ether oxygens (including phenoxy) is 2. The van der Waals surface area contributed by atoms with Gasteiger partial charge in [0.25, 0.3) is 0 Å². The maximum absolute atomic E-state index is 11.4. The van der Waals surface area contributed by atoms with Gasteiger partial charge in [-0.2, -0.15) is 0 Å². The van der Waals surface area contributed by atoms with Crippen LogP contribution < -0.4 is 9.47 Å². The predicted octanol–water partition coefficient (Wildman–Crippen LogP) is 4.14. The summed E-state index contributed by atoms with van der Waals surface area (Å²) in [6.45, 7) is 1.33. The highest BCUT2D eigenvalue weighted by molar-refractivity contribution is 5.78. The van der Waals surface area contributed by atoms with Crippen molar-refractivity contribution in [3.63, 3.8) is 0 Å². The average Bonchev–Trinajstić information content (AvgIpc) is 2.79. The highest BCUT2D eigenvalue weighted by atomic mass is 16.5. The number of carboxylic acids is 1. The number of aromatic nitrogens is 1. The quantitative estimate of drug-likeness (QED) is 0.663. The summed E-state index contributed by atoms with van der Waals surface area (Å²) in [5.74, 6) is 0.445. The van der Waals surface area contributed by atoms with Gasteiger partial charge in [0.15, 0.2) is 0 Å². The Hall–Kier alpha value is -3.12. The third kappa shape index (κ3) is 3.83. The second kappa shape index (κ2) is 8.71. The van der Waals surface area contributed by atoms with Crippen LogP contribution in [0.2, 0.25) is 0 Å². The maximum Gasteiger partial charge on any atom is 0.306 e. The minimum Gasteiger partial charge on any atom is -0.496 e. The van der Waals surface area contributed by atoms with Crippen LogP contribution in [0.5, 0.6) is 11.5 Å². The van der Waals surface area contributed by atoms with Crippen molar-refractivity contribution >= 4 is 16.9 Å². The summed E-state index contributed by atoms with van der Waals surface area (Å²) in [7, 11) is 3.31. The zero-order chi connectivity index (χ0) is 21.1. The Labute approximate surface area is 176 Å². The second-order valence-corrected chi connectivity index (χ2v) is 7.56. The molecule has 1 saturated heterocycles. The van der Waals surface area contributed by atoms with E-state index in [1.807, 2.05) is 48.5 Å². The summed E-state index contributed by atoms with van der Waals surface area (Å²) in [4.78, 5) is 18.7. The Bertz CT molecular complexity index is 1020. The lowest BCUT2D eigenvalue weighted by Crippen LogP contribution is -2.39. The molecule has 6 heteroatoms. The van der Waals surface area contributed by atoms with Gasteiger partial charge in [-0.05, 0) is 50.2 Å². The van der Waals surface area contributed by atoms with Crippen molar-refractivity contribution in [3.05, 3.63) is 65.9 Å². The Morgan fingerprint density at radius 1 is 1.00 bits per heavy atom. The van der Waals surface area contributed by atoms with Crippen molar-refractivity contribution < 1.29 is 19.4 Å². The summed E-state index contributed by atoms with van der Waals surface area (Å²) in [5.41, 5.74) is 2.73. The number of pyridine rings is 1. The van der Waals surface area contributed by atoms with E-state index in [0.29, 0.717) is 25.9 Å². The number of hydrogen-bond donors (Lipinski definition) is 1. The Balaban J connectivity index is 1.82. The van der Waals surface area contributed by atoms with E-state index in [4.69, 9.17) is 14.5 Å². The van der Waals surface area contributed by atoms with Crippen molar-refractivity contribution in [3.8, 4) is 11.5 Å². The number of carboxylic acid groups (broad SMARTS) is 1. The van der Waals surface area contributed by atoms with Gasteiger partial charge in [-0.15, -0.1) is 0 Å². The van der Waals surface area contributed by atoms with Gasteiger partial charge in [-0.25, -0.2) is 0 Å². The molecule has 0 bridgehead atoms. The Kier molecular flexibility index (Phi) is 5.86. The predicted molar refractivity (Wildman–Crippen MR) is 115 cm³/mol. The third-order valence-electron chi connectivity index (χ3n) is 5.88. The zero-order valence-electron chi connectivity index (χ0n) is 17.2. The van der Waals surface area contributed by atoms with Gasteiger partial charge in [0.1, 0.15) is 11.5 Å². The van der Waals surface area contributed by atoms with Crippen LogP contribution in [-0.4, -0.2) is 48.3 Å². The number of rotatable bonds is 6. The lowest BCUT2D eigenvalue weighted by Gasteiger charge is -2.37. The molecule has 1 aliphatic rings. The van der Waals surface area contributed by atoms with Crippen molar-refractivity contribution in [1.29, 1.82) is 0 Å². The van der Waals surface area contributed by atoms with E-state index in [1.54, 1.807) is 14.2 Å². The monoisotopic (exact) mass is 406 g/mol. The van der Waals surface area contributed by atoms with Gasteiger partial charge >= 0.3 is 5.97 Å². The van der Waals surface area contributed by atoms with Crippen LogP contribution in [0.4, 0.5) is 0 Å². The topological polar surface area (TPSA) is 71.9 Å². The van der Waals surface area contributed by atoms with E-state index in [0.717, 1.165) is 33.7 Å². The number of para-hydroxylation sites is 1. The van der Waals surface area contributed by atoms with Crippen molar-refractivity contribution in [2.75, 3.05) is 27.3 Å². The second-order valence-electron chi connectivity index (χ2n) is 7.56. The van der Waals surface area contributed by atoms with Crippen LogP contribution in [0.15, 0.2) is 54.6 Å². The summed E-state index contributed by atoms with van der Waals surface area (Å²) in [6, 6.07) is 17.7. The summed E-state index contributed by atoms with van der Waals surface area (Å²) >= 11 is 0. The fourth-order valence-electron chi connectivity index (χ4n) is 4.31. The molecular weight excluding hydrogens is 380 g/mol. The molecule has 0 aliphatic carbocycles. The minimum atomic E-state index is -0.718. The molecule has 0 amide bonds. The molecule has 6 nitrogen and oxygen atoms in total. The summed E-state index contributed by atoms with van der Waals surface area (Å²) in [6.07, 6.45) is 1.22. The summed E-state index contributed by atoms with van der Waals surface area (Å²) in [5, 5.41) is 10.5. The van der Waals surface area contributed by atoms with Crippen molar-refractivity contribution in [2.45, 2.75) is 18.9 Å². The fourth-order valence-corrected chi connectivity index (χ4v) is 4.31. The Morgan fingerprint density at radius 3 is 2.30 bits per heavy atom. The molecule has 156 valence electrons. The number of likely N-dealkylation sites (tertiary alicyclic amines) is 1. The normalized spacial score (nSPS) is 16.3. The minimum absolute atomic E-state index is 0.199. The van der Waals surface area contributed by atoms with Crippen molar-refractivity contribution in [1.82, 2.24) is 9.88 Å². The molecule has 1 aromatic heterocycles. The van der Waals surface area contributed by atoms with Gasteiger partial charge in [-0.3, -0.25) is 14.7 Å². The van der Waals surface area contributed by atoms with E-state index >= 15 is 0 Å². The highest BCUT2D eigenvalue weighted by Gasteiger charge is 2.34. The first-order chi connectivity index (χ1) is 14.6. The number of fused-ring (bicyclic) bond motifs is 1. The lowest BCUT2D eigenvalue weighted by atomic mass is 9.92. The number of methoxy groups -OCH3 is 2. The van der Waals surface area contributed by atoms with E-state index in [9.17, 15) is 9.90 Å². The molecule has 30 heavy (non-hydrogen) atoms. The van der Waals surface area contributed by atoms with E-state index in [1.165, 1.54) is 0 Å². The van der Waals surface area contributed by atoms with Crippen LogP contribution in [0.25, 0.3) is 10.9 Å². The number of aliphatic carboxylic acids is 1. The van der Waals surface area contributed by atoms with Crippen molar-refractivity contribution in [2.24, 2.45) is 5.92 Å². The molecule has 1 fully saturated rings. The molecule has 1 aliphatic heterocycles. The molecule has 3 aromatic rings. The molecule has 1 N–H and O–H groups in total. The first-order valence-corrected chi connectivity index (χ1v) is 10.2. The smallest absolute Gasteiger partial charge is 0.306 e. The molecule has 1 atom stereocenters. The van der Waals surface area contributed by atoms with Gasteiger partial charge < -0.3 is 14.6 Å². The van der Waals surface area contributed by atoms with E-state index in [-0.39, 0.29) is 12.0 Å². The number of benzene rings is 2. The first-order valence-electron chi connectivity index (χ1n) is 10.2. The number of nitrogens with zero attached hydrogens (tertiary/aromatic N) is 2. The lowest BCUT2D eigenvalue weighted by molar-refractivity contribution is -0.143. The molecule has 0 radical (unpaired) electrons. The van der Waals surface area contributed by atoms with E-state index < -0.39 is 5.97 Å². The van der Waals surface area contributed by atoms with Crippen LogP contribution in [0, 0.1) is 5.92 Å². The molecule has 4 rings (SSSR count). The van der Waals surface area contributed by atoms with Crippen LogP contribution >= 0.6 is 0 Å². The SMILES string of the molecule is COc1cccc(OC)c1C(c1ccc2ccccc2n1)N1CCC(C(=O)O)CC1. The molecule has 2 aromatic carbocycles. The Morgan fingerprint density at radius 2 is 1.67 bits per heavy atom. The van der Waals surface area contributed by atoms with Gasteiger partial charge in [0.05, 0.1) is 43.0 Å². The first kappa shape index (κ1) is 20.2. The van der Waals surface area contributed by atoms with Crippen LogP contribution in [-0.2, 0) is 4.79 Å². The standard InChI is InChI=1S/C24H26N2O4/c1-29-20-8-5-9-21(30-2)22(20)23(26-14-12-17(13-15-26)24(27)28)19-11-10-16-6-3-4-7-18(16)25-19/h3-11,17,23H,12-15H2,1-2H3,(H,27,28). The fraction of sp³-hybridized carbons (Fsp3) is 0.333.